The molecule has 0 atom stereocenters. The van der Waals surface area contributed by atoms with Gasteiger partial charge in [0.05, 0.1) is 19.0 Å². The summed E-state index contributed by atoms with van der Waals surface area (Å²) in [6.45, 7) is 2.08. The molecule has 3 aromatic rings. The van der Waals surface area contributed by atoms with Crippen molar-refractivity contribution >= 4 is 5.91 Å². The average Bonchev–Trinajstić information content (AvgIpc) is 3.23. The minimum absolute atomic E-state index is 0.220. The Hall–Kier alpha value is -3.16. The van der Waals surface area contributed by atoms with Gasteiger partial charge in [-0.25, -0.2) is 9.31 Å². The third-order valence-electron chi connectivity index (χ3n) is 3.58. The zero-order valence-corrected chi connectivity index (χ0v) is 13.6. The second kappa shape index (κ2) is 6.53. The Bertz CT molecular complexity index is 855. The fourth-order valence-electron chi connectivity index (χ4n) is 2.29. The van der Waals surface area contributed by atoms with Gasteiger partial charge in [0.25, 0.3) is 5.91 Å². The first kappa shape index (κ1) is 15.7. The highest BCUT2D eigenvalue weighted by molar-refractivity contribution is 5.92. The Morgan fingerprint density at radius 2 is 2.21 bits per heavy atom. The van der Waals surface area contributed by atoms with Gasteiger partial charge < -0.3 is 9.64 Å². The van der Waals surface area contributed by atoms with E-state index in [-0.39, 0.29) is 11.6 Å². The SMILES string of the molecule is COc1cccc(-n2cc(CN(C)C(=O)c3nonc3C)cn2)c1. The van der Waals surface area contributed by atoms with Crippen molar-refractivity contribution in [1.82, 2.24) is 25.0 Å². The maximum atomic E-state index is 12.3. The van der Waals surface area contributed by atoms with E-state index in [0.29, 0.717) is 12.2 Å². The number of hydrogen-bond donors (Lipinski definition) is 0. The first-order valence-electron chi connectivity index (χ1n) is 7.31. The van der Waals surface area contributed by atoms with Crippen LogP contribution >= 0.6 is 0 Å². The highest BCUT2D eigenvalue weighted by atomic mass is 16.6. The van der Waals surface area contributed by atoms with Gasteiger partial charge in [-0.3, -0.25) is 4.79 Å². The van der Waals surface area contributed by atoms with Crippen LogP contribution in [0.25, 0.3) is 5.69 Å². The summed E-state index contributed by atoms with van der Waals surface area (Å²) in [4.78, 5) is 13.9. The molecule has 0 fully saturated rings. The molecule has 0 aliphatic heterocycles. The van der Waals surface area contributed by atoms with Gasteiger partial charge in [0.2, 0.25) is 0 Å². The molecule has 0 saturated carbocycles. The maximum Gasteiger partial charge on any atom is 0.278 e. The predicted octanol–water partition coefficient (Wildman–Crippen LogP) is 1.84. The van der Waals surface area contributed by atoms with Gasteiger partial charge >= 0.3 is 0 Å². The molecule has 24 heavy (non-hydrogen) atoms. The van der Waals surface area contributed by atoms with Gasteiger partial charge in [0.15, 0.2) is 5.69 Å². The fraction of sp³-hybridized carbons (Fsp3) is 0.250. The minimum atomic E-state index is -0.247. The van der Waals surface area contributed by atoms with Crippen LogP contribution in [-0.4, -0.2) is 45.1 Å². The average molecular weight is 327 g/mol. The fourth-order valence-corrected chi connectivity index (χ4v) is 2.29. The monoisotopic (exact) mass is 327 g/mol. The van der Waals surface area contributed by atoms with E-state index in [4.69, 9.17) is 4.74 Å². The van der Waals surface area contributed by atoms with Crippen LogP contribution < -0.4 is 4.74 Å². The summed E-state index contributed by atoms with van der Waals surface area (Å²) in [6.07, 6.45) is 3.59. The van der Waals surface area contributed by atoms with Gasteiger partial charge in [-0.1, -0.05) is 11.2 Å². The lowest BCUT2D eigenvalue weighted by molar-refractivity contribution is 0.0773. The summed E-state index contributed by atoms with van der Waals surface area (Å²) in [5.41, 5.74) is 2.46. The molecule has 0 spiro atoms. The molecule has 0 N–H and O–H groups in total. The molecule has 2 heterocycles. The molecule has 8 nitrogen and oxygen atoms in total. The number of benzene rings is 1. The molecule has 0 aliphatic rings. The second-order valence-corrected chi connectivity index (χ2v) is 5.35. The lowest BCUT2D eigenvalue weighted by Crippen LogP contribution is -2.27. The van der Waals surface area contributed by atoms with Gasteiger partial charge in [0.1, 0.15) is 11.4 Å². The van der Waals surface area contributed by atoms with E-state index in [1.54, 1.807) is 36.9 Å². The Morgan fingerprint density at radius 3 is 2.92 bits per heavy atom. The van der Waals surface area contributed by atoms with Crippen molar-refractivity contribution in [3.63, 3.8) is 0 Å². The summed E-state index contributed by atoms with van der Waals surface area (Å²) >= 11 is 0. The summed E-state index contributed by atoms with van der Waals surface area (Å²) in [6, 6.07) is 7.58. The maximum absolute atomic E-state index is 12.3. The summed E-state index contributed by atoms with van der Waals surface area (Å²) < 4.78 is 11.5. The van der Waals surface area contributed by atoms with Crippen LogP contribution in [-0.2, 0) is 6.54 Å². The van der Waals surface area contributed by atoms with Gasteiger partial charge in [-0.05, 0) is 24.2 Å². The Balaban J connectivity index is 1.74. The summed E-state index contributed by atoms with van der Waals surface area (Å²) in [5, 5.41) is 11.6. The van der Waals surface area contributed by atoms with Crippen molar-refractivity contribution < 1.29 is 14.2 Å². The molecule has 2 aromatic heterocycles. The van der Waals surface area contributed by atoms with E-state index in [0.717, 1.165) is 17.0 Å². The van der Waals surface area contributed by atoms with E-state index in [2.05, 4.69) is 20.0 Å². The van der Waals surface area contributed by atoms with Crippen molar-refractivity contribution in [3.05, 3.63) is 53.6 Å². The van der Waals surface area contributed by atoms with Gasteiger partial charge in [-0.15, -0.1) is 0 Å². The van der Waals surface area contributed by atoms with Crippen LogP contribution in [0.3, 0.4) is 0 Å². The standard InChI is InChI=1S/C16H17N5O3/c1-11-15(19-24-18-11)16(22)20(2)9-12-8-17-21(10-12)13-5-4-6-14(7-13)23-3/h4-8,10H,9H2,1-3H3. The third-order valence-corrected chi connectivity index (χ3v) is 3.58. The first-order valence-corrected chi connectivity index (χ1v) is 7.31. The molecule has 0 bridgehead atoms. The van der Waals surface area contributed by atoms with Crippen LogP contribution in [0.15, 0.2) is 41.3 Å². The number of carbonyl (C=O) groups excluding carboxylic acids is 1. The van der Waals surface area contributed by atoms with Crippen LogP contribution in [0.1, 0.15) is 21.7 Å². The highest BCUT2D eigenvalue weighted by Crippen LogP contribution is 2.17. The summed E-state index contributed by atoms with van der Waals surface area (Å²) in [7, 11) is 3.31. The molecule has 0 unspecified atom stereocenters. The number of rotatable bonds is 5. The molecule has 3 rings (SSSR count). The zero-order valence-electron chi connectivity index (χ0n) is 13.6. The zero-order chi connectivity index (χ0) is 17.1. The molecule has 0 radical (unpaired) electrons. The molecule has 0 saturated heterocycles. The third kappa shape index (κ3) is 3.12. The lowest BCUT2D eigenvalue weighted by atomic mass is 10.2. The van der Waals surface area contributed by atoms with E-state index < -0.39 is 0 Å². The normalized spacial score (nSPS) is 10.6. The molecule has 124 valence electrons. The summed E-state index contributed by atoms with van der Waals surface area (Å²) in [5.74, 6) is 0.508. The van der Waals surface area contributed by atoms with Crippen molar-refractivity contribution in [1.29, 1.82) is 0 Å². The molecule has 1 aromatic carbocycles. The van der Waals surface area contributed by atoms with Crippen LogP contribution in [0.5, 0.6) is 5.75 Å². The topological polar surface area (TPSA) is 86.3 Å². The molecular weight excluding hydrogens is 310 g/mol. The van der Waals surface area contributed by atoms with Gasteiger partial charge in [-0.2, -0.15) is 5.10 Å². The Kier molecular flexibility index (Phi) is 4.28. The van der Waals surface area contributed by atoms with Crippen LogP contribution in [0, 0.1) is 6.92 Å². The van der Waals surface area contributed by atoms with Crippen LogP contribution in [0.4, 0.5) is 0 Å². The smallest absolute Gasteiger partial charge is 0.278 e. The number of hydrogen-bond acceptors (Lipinski definition) is 6. The minimum Gasteiger partial charge on any atom is -0.497 e. The number of aryl methyl sites for hydroxylation is 1. The number of amides is 1. The number of carbonyl (C=O) groups is 1. The second-order valence-electron chi connectivity index (χ2n) is 5.35. The number of nitrogens with zero attached hydrogens (tertiary/aromatic N) is 5. The van der Waals surface area contributed by atoms with E-state index in [9.17, 15) is 4.79 Å². The lowest BCUT2D eigenvalue weighted by Gasteiger charge is -2.14. The largest absolute Gasteiger partial charge is 0.497 e. The van der Waals surface area contributed by atoms with E-state index >= 15 is 0 Å². The Morgan fingerprint density at radius 1 is 1.38 bits per heavy atom. The highest BCUT2D eigenvalue weighted by Gasteiger charge is 2.19. The van der Waals surface area contributed by atoms with Crippen molar-refractivity contribution in [2.24, 2.45) is 0 Å². The number of ether oxygens (including phenoxy) is 1. The quantitative estimate of drug-likeness (QED) is 0.711. The molecule has 8 heteroatoms. The molecule has 1 amide bonds. The van der Waals surface area contributed by atoms with Crippen LogP contribution in [0.2, 0.25) is 0 Å². The molecule has 0 aliphatic carbocycles. The van der Waals surface area contributed by atoms with Gasteiger partial charge in [0, 0.05) is 31.4 Å². The van der Waals surface area contributed by atoms with Crippen molar-refractivity contribution in [3.8, 4) is 11.4 Å². The number of methoxy groups -OCH3 is 1. The Labute approximate surface area is 138 Å². The van der Waals surface area contributed by atoms with Crippen molar-refractivity contribution in [2.45, 2.75) is 13.5 Å². The van der Waals surface area contributed by atoms with E-state index in [1.165, 1.54) is 0 Å². The molecular formula is C16H17N5O3. The first-order chi connectivity index (χ1) is 11.6. The predicted molar refractivity (Wildman–Crippen MR) is 84.9 cm³/mol. The number of aromatic nitrogens is 4. The van der Waals surface area contributed by atoms with E-state index in [1.807, 2.05) is 30.5 Å². The van der Waals surface area contributed by atoms with Crippen molar-refractivity contribution in [2.75, 3.05) is 14.2 Å².